The molecule has 1 N–H and O–H groups in total. The maximum absolute atomic E-state index is 12.5. The number of amides is 1. The molecule has 4 heteroatoms. The summed E-state index contributed by atoms with van der Waals surface area (Å²) < 4.78 is 0. The molecule has 1 aliphatic carbocycles. The van der Waals surface area contributed by atoms with Gasteiger partial charge in [0.25, 0.3) is 0 Å². The van der Waals surface area contributed by atoms with E-state index in [1.807, 2.05) is 62.4 Å². The maximum Gasteiger partial charge on any atom is 0.224 e. The minimum atomic E-state index is -0.284. The van der Waals surface area contributed by atoms with Gasteiger partial charge in [0.15, 0.2) is 0 Å². The van der Waals surface area contributed by atoms with Gasteiger partial charge in [-0.1, -0.05) is 47.5 Å². The minimum absolute atomic E-state index is 0.0627. The highest BCUT2D eigenvalue weighted by atomic mass is 35.5. The van der Waals surface area contributed by atoms with Gasteiger partial charge in [0.1, 0.15) is 0 Å². The van der Waals surface area contributed by atoms with Gasteiger partial charge < -0.3 is 5.32 Å². The van der Waals surface area contributed by atoms with Crippen LogP contribution < -0.4 is 5.32 Å². The zero-order chi connectivity index (χ0) is 16.6. The number of hydrogen-bond acceptors (Lipinski definition) is 1. The number of nitrogens with one attached hydrogen (secondary N) is 1. The topological polar surface area (TPSA) is 29.1 Å². The molecule has 0 aliphatic heterocycles. The molecule has 23 heavy (non-hydrogen) atoms. The Bertz CT molecular complexity index is 662. The van der Waals surface area contributed by atoms with Crippen LogP contribution >= 0.6 is 23.2 Å². The molecular formula is C19H19Cl2NO. The fourth-order valence-electron chi connectivity index (χ4n) is 3.26. The van der Waals surface area contributed by atoms with Crippen LogP contribution in [0.5, 0.6) is 0 Å². The average molecular weight is 348 g/mol. The predicted molar refractivity (Wildman–Crippen MR) is 95.1 cm³/mol. The summed E-state index contributed by atoms with van der Waals surface area (Å²) in [7, 11) is 0. The maximum atomic E-state index is 12.5. The lowest BCUT2D eigenvalue weighted by molar-refractivity contribution is -0.123. The normalized spacial score (nSPS) is 18.7. The van der Waals surface area contributed by atoms with E-state index in [1.165, 1.54) is 0 Å². The first-order valence-corrected chi connectivity index (χ1v) is 8.51. The van der Waals surface area contributed by atoms with Gasteiger partial charge in [0.05, 0.1) is 5.92 Å². The van der Waals surface area contributed by atoms with Gasteiger partial charge in [0.2, 0.25) is 5.91 Å². The van der Waals surface area contributed by atoms with Crippen LogP contribution in [0.25, 0.3) is 0 Å². The molecule has 1 unspecified atom stereocenters. The summed E-state index contributed by atoms with van der Waals surface area (Å²) in [4.78, 5) is 12.5. The Morgan fingerprint density at radius 1 is 1.00 bits per heavy atom. The summed E-state index contributed by atoms with van der Waals surface area (Å²) in [5.74, 6) is 0.0390. The van der Waals surface area contributed by atoms with Crippen LogP contribution in [0.2, 0.25) is 10.0 Å². The van der Waals surface area contributed by atoms with E-state index in [2.05, 4.69) is 5.32 Å². The van der Waals surface area contributed by atoms with E-state index in [-0.39, 0.29) is 23.3 Å². The third kappa shape index (κ3) is 3.11. The van der Waals surface area contributed by atoms with Crippen molar-refractivity contribution < 1.29 is 4.79 Å². The van der Waals surface area contributed by atoms with Crippen LogP contribution in [-0.2, 0) is 10.2 Å². The van der Waals surface area contributed by atoms with Crippen LogP contribution in [-0.4, -0.2) is 11.9 Å². The number of hydrogen-bond donors (Lipinski definition) is 1. The molecule has 2 nitrogen and oxygen atoms in total. The van der Waals surface area contributed by atoms with Gasteiger partial charge in [-0.25, -0.2) is 0 Å². The van der Waals surface area contributed by atoms with Crippen molar-refractivity contribution in [3.05, 3.63) is 69.7 Å². The standard InChI is InChI=1S/C19H19Cl2NO/c1-12(2)22-18(23)17-11-19(17,13-3-7-15(20)8-4-13)14-5-9-16(21)10-6-14/h3-10,12,17H,11H2,1-2H3,(H,22,23). The van der Waals surface area contributed by atoms with E-state index in [0.29, 0.717) is 10.0 Å². The minimum Gasteiger partial charge on any atom is -0.354 e. The molecule has 2 aromatic rings. The molecule has 0 saturated heterocycles. The van der Waals surface area contributed by atoms with Gasteiger partial charge in [-0.05, 0) is 55.7 Å². The van der Waals surface area contributed by atoms with E-state index >= 15 is 0 Å². The van der Waals surface area contributed by atoms with Gasteiger partial charge in [0, 0.05) is 21.5 Å². The lowest BCUT2D eigenvalue weighted by Gasteiger charge is -2.20. The van der Waals surface area contributed by atoms with E-state index in [4.69, 9.17) is 23.2 Å². The Morgan fingerprint density at radius 2 is 1.43 bits per heavy atom. The molecule has 0 aromatic heterocycles. The van der Waals surface area contributed by atoms with Crippen LogP contribution in [0.15, 0.2) is 48.5 Å². The second kappa shape index (κ2) is 6.18. The molecule has 3 rings (SSSR count). The smallest absolute Gasteiger partial charge is 0.224 e. The first-order chi connectivity index (χ1) is 10.9. The van der Waals surface area contributed by atoms with Crippen molar-refractivity contribution >= 4 is 29.1 Å². The van der Waals surface area contributed by atoms with Crippen molar-refractivity contribution in [3.8, 4) is 0 Å². The van der Waals surface area contributed by atoms with Crippen molar-refractivity contribution in [2.24, 2.45) is 5.92 Å². The van der Waals surface area contributed by atoms with Crippen LogP contribution in [0.1, 0.15) is 31.4 Å². The van der Waals surface area contributed by atoms with Gasteiger partial charge >= 0.3 is 0 Å². The van der Waals surface area contributed by atoms with E-state index in [9.17, 15) is 4.79 Å². The largest absolute Gasteiger partial charge is 0.354 e. The molecule has 1 fully saturated rings. The molecule has 120 valence electrons. The number of rotatable bonds is 4. The summed E-state index contributed by atoms with van der Waals surface area (Å²) in [5.41, 5.74) is 1.95. The average Bonchev–Trinajstić information content (AvgIpc) is 3.25. The Balaban J connectivity index is 2.00. The van der Waals surface area contributed by atoms with Crippen LogP contribution in [0, 0.1) is 5.92 Å². The first kappa shape index (κ1) is 16.4. The third-order valence-electron chi connectivity index (χ3n) is 4.43. The zero-order valence-electron chi connectivity index (χ0n) is 13.1. The number of carbonyl (C=O) groups excluding carboxylic acids is 1. The summed E-state index contributed by atoms with van der Waals surface area (Å²) in [5, 5.41) is 4.43. The summed E-state index contributed by atoms with van der Waals surface area (Å²) >= 11 is 12.0. The van der Waals surface area contributed by atoms with E-state index in [1.54, 1.807) is 0 Å². The first-order valence-electron chi connectivity index (χ1n) is 7.76. The second-order valence-electron chi connectivity index (χ2n) is 6.41. The Labute approximate surface area is 146 Å². The van der Waals surface area contributed by atoms with Crippen molar-refractivity contribution in [2.75, 3.05) is 0 Å². The van der Waals surface area contributed by atoms with E-state index < -0.39 is 0 Å². The van der Waals surface area contributed by atoms with Gasteiger partial charge in [-0.15, -0.1) is 0 Å². The summed E-state index contributed by atoms with van der Waals surface area (Å²) in [6.07, 6.45) is 0.800. The molecule has 2 aromatic carbocycles. The van der Waals surface area contributed by atoms with Gasteiger partial charge in [-0.3, -0.25) is 4.79 Å². The Kier molecular flexibility index (Phi) is 4.39. The van der Waals surface area contributed by atoms with Crippen LogP contribution in [0.3, 0.4) is 0 Å². The Hall–Kier alpha value is -1.51. The predicted octanol–water partition coefficient (Wildman–Crippen LogP) is 4.82. The molecule has 0 heterocycles. The van der Waals surface area contributed by atoms with Gasteiger partial charge in [-0.2, -0.15) is 0 Å². The Morgan fingerprint density at radius 3 is 1.83 bits per heavy atom. The monoisotopic (exact) mass is 347 g/mol. The highest BCUT2D eigenvalue weighted by Crippen LogP contribution is 2.59. The number of benzene rings is 2. The fraction of sp³-hybridized carbons (Fsp3) is 0.316. The highest BCUT2D eigenvalue weighted by Gasteiger charge is 2.60. The van der Waals surface area contributed by atoms with Crippen molar-refractivity contribution in [1.29, 1.82) is 0 Å². The lowest BCUT2D eigenvalue weighted by atomic mass is 9.85. The quantitative estimate of drug-likeness (QED) is 0.843. The van der Waals surface area contributed by atoms with Crippen molar-refractivity contribution in [2.45, 2.75) is 31.7 Å². The molecule has 1 amide bonds. The zero-order valence-corrected chi connectivity index (χ0v) is 14.7. The molecule has 0 radical (unpaired) electrons. The number of halogens is 2. The molecule has 0 spiro atoms. The highest BCUT2D eigenvalue weighted by molar-refractivity contribution is 6.30. The lowest BCUT2D eigenvalue weighted by Crippen LogP contribution is -2.34. The van der Waals surface area contributed by atoms with Crippen molar-refractivity contribution in [3.63, 3.8) is 0 Å². The summed E-state index contributed by atoms with van der Waals surface area (Å²) in [6, 6.07) is 15.7. The fourth-order valence-corrected chi connectivity index (χ4v) is 3.52. The molecule has 1 atom stereocenters. The van der Waals surface area contributed by atoms with Crippen molar-refractivity contribution in [1.82, 2.24) is 5.32 Å². The third-order valence-corrected chi connectivity index (χ3v) is 4.93. The second-order valence-corrected chi connectivity index (χ2v) is 7.28. The molecule has 1 aliphatic rings. The van der Waals surface area contributed by atoms with Crippen LogP contribution in [0.4, 0.5) is 0 Å². The molecular weight excluding hydrogens is 329 g/mol. The molecule has 1 saturated carbocycles. The SMILES string of the molecule is CC(C)NC(=O)C1CC1(c1ccc(Cl)cc1)c1ccc(Cl)cc1. The summed E-state index contributed by atoms with van der Waals surface area (Å²) in [6.45, 7) is 3.96. The van der Waals surface area contributed by atoms with E-state index in [0.717, 1.165) is 17.5 Å². The molecule has 0 bridgehead atoms. The number of carbonyl (C=O) groups is 1.